The molecular formula is C14H12N4O3. The van der Waals surface area contributed by atoms with Gasteiger partial charge in [0.2, 0.25) is 11.8 Å². The van der Waals surface area contributed by atoms with Crippen molar-refractivity contribution >= 4 is 5.91 Å². The maximum atomic E-state index is 12.2. The topological polar surface area (TPSA) is 94.1 Å². The smallest absolute Gasteiger partial charge is 0.257 e. The van der Waals surface area contributed by atoms with Gasteiger partial charge in [0.1, 0.15) is 17.5 Å². The summed E-state index contributed by atoms with van der Waals surface area (Å²) in [5.41, 5.74) is 1.66. The van der Waals surface area contributed by atoms with E-state index >= 15 is 0 Å². The first-order valence-electron chi connectivity index (χ1n) is 6.31. The molecule has 0 bridgehead atoms. The quantitative estimate of drug-likeness (QED) is 0.787. The van der Waals surface area contributed by atoms with E-state index in [-0.39, 0.29) is 12.5 Å². The lowest BCUT2D eigenvalue weighted by Gasteiger charge is -2.02. The highest BCUT2D eigenvalue weighted by molar-refractivity contribution is 5.99. The van der Waals surface area contributed by atoms with Gasteiger partial charge in [0.25, 0.3) is 5.91 Å². The van der Waals surface area contributed by atoms with Crippen LogP contribution in [0, 0.1) is 6.92 Å². The summed E-state index contributed by atoms with van der Waals surface area (Å²) in [6.45, 7) is 1.84. The molecule has 2 aromatic heterocycles. The Kier molecular flexibility index (Phi) is 3.46. The van der Waals surface area contributed by atoms with Crippen molar-refractivity contribution < 1.29 is 13.7 Å². The zero-order valence-corrected chi connectivity index (χ0v) is 11.2. The van der Waals surface area contributed by atoms with Crippen LogP contribution >= 0.6 is 0 Å². The Morgan fingerprint density at radius 2 is 2.05 bits per heavy atom. The second-order valence-electron chi connectivity index (χ2n) is 4.34. The lowest BCUT2D eigenvalue weighted by atomic mass is 10.1. The molecule has 7 heteroatoms. The van der Waals surface area contributed by atoms with Gasteiger partial charge >= 0.3 is 0 Å². The number of rotatable bonds is 4. The van der Waals surface area contributed by atoms with Crippen LogP contribution in [0.4, 0.5) is 0 Å². The summed E-state index contributed by atoms with van der Waals surface area (Å²) >= 11 is 0. The van der Waals surface area contributed by atoms with Crippen molar-refractivity contribution in [3.05, 3.63) is 53.9 Å². The Morgan fingerprint density at radius 1 is 1.24 bits per heavy atom. The summed E-state index contributed by atoms with van der Waals surface area (Å²) in [6.07, 6.45) is 1.32. The first kappa shape index (κ1) is 13.0. The van der Waals surface area contributed by atoms with Crippen LogP contribution < -0.4 is 5.32 Å². The van der Waals surface area contributed by atoms with E-state index in [4.69, 9.17) is 8.94 Å². The molecule has 1 amide bonds. The highest BCUT2D eigenvalue weighted by atomic mass is 16.5. The molecule has 0 aliphatic heterocycles. The van der Waals surface area contributed by atoms with E-state index in [1.165, 1.54) is 6.26 Å². The molecule has 0 radical (unpaired) electrons. The molecule has 3 rings (SSSR count). The second kappa shape index (κ2) is 5.58. The molecule has 106 valence electrons. The van der Waals surface area contributed by atoms with E-state index in [0.717, 1.165) is 5.56 Å². The molecule has 7 nitrogen and oxygen atoms in total. The van der Waals surface area contributed by atoms with Crippen LogP contribution in [0.15, 0.2) is 45.5 Å². The summed E-state index contributed by atoms with van der Waals surface area (Å²) in [5.74, 6) is 0.485. The Hall–Kier alpha value is -2.96. The van der Waals surface area contributed by atoms with Gasteiger partial charge in [-0.15, -0.1) is 10.2 Å². The third-order valence-corrected chi connectivity index (χ3v) is 2.83. The Balaban J connectivity index is 1.75. The van der Waals surface area contributed by atoms with Crippen LogP contribution in [0.1, 0.15) is 22.1 Å². The number of nitrogens with zero attached hydrogens (tertiary/aromatic N) is 3. The van der Waals surface area contributed by atoms with Gasteiger partial charge in [-0.25, -0.2) is 0 Å². The molecule has 0 fully saturated rings. The zero-order valence-electron chi connectivity index (χ0n) is 11.2. The Labute approximate surface area is 120 Å². The number of benzene rings is 1. The van der Waals surface area contributed by atoms with Crippen molar-refractivity contribution in [3.63, 3.8) is 0 Å². The van der Waals surface area contributed by atoms with Gasteiger partial charge in [-0.1, -0.05) is 35.5 Å². The molecule has 0 aliphatic rings. The van der Waals surface area contributed by atoms with Gasteiger partial charge in [-0.2, -0.15) is 0 Å². The lowest BCUT2D eigenvalue weighted by Crippen LogP contribution is -2.23. The third-order valence-electron chi connectivity index (χ3n) is 2.83. The minimum absolute atomic E-state index is 0.152. The third kappa shape index (κ3) is 2.81. The maximum Gasteiger partial charge on any atom is 0.257 e. The fourth-order valence-corrected chi connectivity index (χ4v) is 1.86. The minimum Gasteiger partial charge on any atom is -0.424 e. The molecule has 1 N–H and O–H groups in total. The Morgan fingerprint density at radius 3 is 2.76 bits per heavy atom. The van der Waals surface area contributed by atoms with Crippen LogP contribution in [0.5, 0.6) is 0 Å². The number of aryl methyl sites for hydroxylation is 1. The van der Waals surface area contributed by atoms with Crippen LogP contribution in [0.25, 0.3) is 11.3 Å². The highest BCUT2D eigenvalue weighted by Crippen LogP contribution is 2.21. The molecule has 1 aromatic carbocycles. The average molecular weight is 284 g/mol. The summed E-state index contributed by atoms with van der Waals surface area (Å²) in [5, 5.41) is 14.1. The number of carbonyl (C=O) groups excluding carboxylic acids is 1. The number of amides is 1. The largest absolute Gasteiger partial charge is 0.424 e. The zero-order chi connectivity index (χ0) is 14.7. The highest BCUT2D eigenvalue weighted by Gasteiger charge is 2.17. The molecule has 0 unspecified atom stereocenters. The standard InChI is InChI=1S/C14H12N4O3/c1-9-16-17-12(21-9)7-15-14(19)11-8-20-18-13(11)10-5-3-2-4-6-10/h2-6,8H,7H2,1H3,(H,15,19). The van der Waals surface area contributed by atoms with Crippen LogP contribution in [0.2, 0.25) is 0 Å². The van der Waals surface area contributed by atoms with Gasteiger partial charge < -0.3 is 14.3 Å². The van der Waals surface area contributed by atoms with E-state index in [2.05, 4.69) is 20.7 Å². The molecule has 0 saturated heterocycles. The summed E-state index contributed by atoms with van der Waals surface area (Å²) < 4.78 is 10.1. The van der Waals surface area contributed by atoms with Crippen LogP contribution in [-0.4, -0.2) is 21.3 Å². The molecular weight excluding hydrogens is 272 g/mol. The fraction of sp³-hybridized carbons (Fsp3) is 0.143. The number of nitrogens with one attached hydrogen (secondary N) is 1. The molecule has 3 aromatic rings. The normalized spacial score (nSPS) is 10.5. The average Bonchev–Trinajstić information content (AvgIpc) is 3.14. The lowest BCUT2D eigenvalue weighted by molar-refractivity contribution is 0.0947. The molecule has 2 heterocycles. The van der Waals surface area contributed by atoms with Gasteiger partial charge in [0, 0.05) is 12.5 Å². The summed E-state index contributed by atoms with van der Waals surface area (Å²) in [4.78, 5) is 12.2. The Bertz CT molecular complexity index is 748. The minimum atomic E-state index is -0.314. The van der Waals surface area contributed by atoms with Gasteiger partial charge in [-0.3, -0.25) is 4.79 Å². The number of hydrogen-bond acceptors (Lipinski definition) is 6. The monoisotopic (exact) mass is 284 g/mol. The predicted octanol–water partition coefficient (Wildman–Crippen LogP) is 1.96. The fourth-order valence-electron chi connectivity index (χ4n) is 1.86. The summed E-state index contributed by atoms with van der Waals surface area (Å²) in [7, 11) is 0. The van der Waals surface area contributed by atoms with Crippen molar-refractivity contribution in [2.45, 2.75) is 13.5 Å². The molecule has 0 aliphatic carbocycles. The number of hydrogen-bond donors (Lipinski definition) is 1. The van der Waals surface area contributed by atoms with E-state index in [0.29, 0.717) is 23.0 Å². The van der Waals surface area contributed by atoms with Crippen LogP contribution in [-0.2, 0) is 6.54 Å². The van der Waals surface area contributed by atoms with Crippen molar-refractivity contribution in [3.8, 4) is 11.3 Å². The first-order valence-corrected chi connectivity index (χ1v) is 6.31. The van der Waals surface area contributed by atoms with Gasteiger partial charge in [0.05, 0.1) is 6.54 Å². The van der Waals surface area contributed by atoms with E-state index in [1.54, 1.807) is 6.92 Å². The van der Waals surface area contributed by atoms with Crippen molar-refractivity contribution in [1.82, 2.24) is 20.7 Å². The molecule has 21 heavy (non-hydrogen) atoms. The summed E-state index contributed by atoms with van der Waals surface area (Å²) in [6, 6.07) is 9.34. The van der Waals surface area contributed by atoms with Gasteiger partial charge in [-0.05, 0) is 0 Å². The van der Waals surface area contributed by atoms with E-state index in [1.807, 2.05) is 30.3 Å². The van der Waals surface area contributed by atoms with Crippen molar-refractivity contribution in [2.24, 2.45) is 0 Å². The van der Waals surface area contributed by atoms with Crippen LogP contribution in [0.3, 0.4) is 0 Å². The van der Waals surface area contributed by atoms with E-state index in [9.17, 15) is 4.79 Å². The number of carbonyl (C=O) groups is 1. The molecule has 0 atom stereocenters. The molecule has 0 spiro atoms. The molecule has 0 saturated carbocycles. The van der Waals surface area contributed by atoms with Crippen molar-refractivity contribution in [2.75, 3.05) is 0 Å². The predicted molar refractivity (Wildman–Crippen MR) is 72.1 cm³/mol. The first-order chi connectivity index (χ1) is 10.2. The number of aromatic nitrogens is 3. The second-order valence-corrected chi connectivity index (χ2v) is 4.34. The SMILES string of the molecule is Cc1nnc(CNC(=O)c2conc2-c2ccccc2)o1. The van der Waals surface area contributed by atoms with Crippen molar-refractivity contribution in [1.29, 1.82) is 0 Å². The maximum absolute atomic E-state index is 12.2. The van der Waals surface area contributed by atoms with Gasteiger partial charge in [0.15, 0.2) is 0 Å². The van der Waals surface area contributed by atoms with E-state index < -0.39 is 0 Å².